The topological polar surface area (TPSA) is 65.5 Å². The van der Waals surface area contributed by atoms with Crippen LogP contribution in [0.5, 0.6) is 0 Å². The van der Waals surface area contributed by atoms with Gasteiger partial charge in [-0.25, -0.2) is 0 Å². The lowest BCUT2D eigenvalue weighted by molar-refractivity contribution is -0.139. The van der Waals surface area contributed by atoms with Crippen LogP contribution >= 0.6 is 0 Å². The van der Waals surface area contributed by atoms with Gasteiger partial charge in [-0.1, -0.05) is 11.2 Å². The number of ether oxygens (including phenoxy) is 1. The first-order chi connectivity index (χ1) is 10.1. The summed E-state index contributed by atoms with van der Waals surface area (Å²) in [6, 6.07) is 7.58. The molecule has 21 heavy (non-hydrogen) atoms. The second-order valence-corrected chi connectivity index (χ2v) is 4.93. The lowest BCUT2D eigenvalue weighted by Gasteiger charge is -1.99. The third kappa shape index (κ3) is 2.42. The number of aromatic nitrogens is 1. The molecule has 108 valence electrons. The summed E-state index contributed by atoms with van der Waals surface area (Å²) in [5.41, 5.74) is 3.32. The van der Waals surface area contributed by atoms with Crippen LogP contribution < -0.4 is 0 Å². The van der Waals surface area contributed by atoms with Gasteiger partial charge in [0.25, 0.3) is 0 Å². The van der Waals surface area contributed by atoms with Gasteiger partial charge in [0, 0.05) is 5.39 Å². The van der Waals surface area contributed by atoms with E-state index >= 15 is 0 Å². The SMILES string of the molecule is COC(=O)Cc1ccc2oc(-c3c(C)noc3C)cc2c1. The molecular weight excluding hydrogens is 270 g/mol. The molecule has 0 saturated heterocycles. The molecule has 0 aliphatic rings. The first-order valence-corrected chi connectivity index (χ1v) is 6.61. The van der Waals surface area contributed by atoms with Crippen molar-refractivity contribution in [3.05, 3.63) is 41.3 Å². The molecule has 2 heterocycles. The Labute approximate surface area is 121 Å². The van der Waals surface area contributed by atoms with Gasteiger partial charge in [-0.3, -0.25) is 4.79 Å². The smallest absolute Gasteiger partial charge is 0.309 e. The summed E-state index contributed by atoms with van der Waals surface area (Å²) in [6.45, 7) is 3.73. The highest BCUT2D eigenvalue weighted by molar-refractivity contribution is 5.85. The maximum absolute atomic E-state index is 11.3. The zero-order chi connectivity index (χ0) is 15.0. The Bertz CT molecular complexity index is 793. The van der Waals surface area contributed by atoms with Crippen molar-refractivity contribution >= 4 is 16.9 Å². The van der Waals surface area contributed by atoms with E-state index in [0.29, 0.717) is 0 Å². The molecule has 0 amide bonds. The van der Waals surface area contributed by atoms with Gasteiger partial charge < -0.3 is 13.7 Å². The fourth-order valence-corrected chi connectivity index (χ4v) is 2.40. The van der Waals surface area contributed by atoms with Crippen molar-refractivity contribution < 1.29 is 18.5 Å². The molecule has 0 aliphatic carbocycles. The largest absolute Gasteiger partial charge is 0.469 e. The summed E-state index contributed by atoms with van der Waals surface area (Å²) in [4.78, 5) is 11.3. The number of hydrogen-bond donors (Lipinski definition) is 0. The molecule has 1 aromatic carbocycles. The second-order valence-electron chi connectivity index (χ2n) is 4.93. The zero-order valence-corrected chi connectivity index (χ0v) is 12.1. The van der Waals surface area contributed by atoms with Gasteiger partial charge in [0.1, 0.15) is 17.1 Å². The molecule has 5 nitrogen and oxygen atoms in total. The van der Waals surface area contributed by atoms with Gasteiger partial charge in [-0.15, -0.1) is 0 Å². The van der Waals surface area contributed by atoms with Crippen LogP contribution in [-0.2, 0) is 16.0 Å². The van der Waals surface area contributed by atoms with E-state index in [1.54, 1.807) is 0 Å². The number of methoxy groups -OCH3 is 1. The van der Waals surface area contributed by atoms with Crippen LogP contribution in [0.15, 0.2) is 33.2 Å². The van der Waals surface area contributed by atoms with Crippen molar-refractivity contribution in [1.82, 2.24) is 5.16 Å². The summed E-state index contributed by atoms with van der Waals surface area (Å²) < 4.78 is 15.7. The predicted molar refractivity (Wildman–Crippen MR) is 76.9 cm³/mol. The van der Waals surface area contributed by atoms with Crippen LogP contribution in [0.3, 0.4) is 0 Å². The first-order valence-electron chi connectivity index (χ1n) is 6.61. The average molecular weight is 285 g/mol. The standard InChI is InChI=1S/C16H15NO4/c1-9-16(10(2)21-17-9)14-8-12-6-11(7-15(18)19-3)4-5-13(12)20-14/h4-6,8H,7H2,1-3H3. The van der Waals surface area contributed by atoms with Crippen LogP contribution in [0.1, 0.15) is 17.0 Å². The monoisotopic (exact) mass is 285 g/mol. The number of aryl methyl sites for hydroxylation is 2. The Morgan fingerprint density at radius 3 is 2.76 bits per heavy atom. The molecule has 5 heteroatoms. The molecule has 2 aromatic heterocycles. The van der Waals surface area contributed by atoms with Gasteiger partial charge in [0.2, 0.25) is 0 Å². The molecule has 0 bridgehead atoms. The predicted octanol–water partition coefficient (Wildman–Crippen LogP) is 3.42. The van der Waals surface area contributed by atoms with E-state index in [1.165, 1.54) is 7.11 Å². The molecule has 0 fully saturated rings. The Balaban J connectivity index is 2.03. The number of furan rings is 1. The molecule has 3 rings (SSSR count). The Kier molecular flexibility index (Phi) is 3.25. The maximum atomic E-state index is 11.3. The van der Waals surface area contributed by atoms with Gasteiger partial charge in [-0.2, -0.15) is 0 Å². The number of hydrogen-bond acceptors (Lipinski definition) is 5. The lowest BCUT2D eigenvalue weighted by Crippen LogP contribution is -2.03. The third-order valence-electron chi connectivity index (χ3n) is 3.44. The molecule has 3 aromatic rings. The fraction of sp³-hybridized carbons (Fsp3) is 0.250. The Morgan fingerprint density at radius 1 is 1.29 bits per heavy atom. The van der Waals surface area contributed by atoms with Crippen LogP contribution in [0.2, 0.25) is 0 Å². The molecular formula is C16H15NO4. The van der Waals surface area contributed by atoms with Crippen molar-refractivity contribution in [3.8, 4) is 11.3 Å². The molecule has 0 spiro atoms. The van der Waals surface area contributed by atoms with Crippen LogP contribution in [-0.4, -0.2) is 18.2 Å². The summed E-state index contributed by atoms with van der Waals surface area (Å²) in [5.74, 6) is 1.18. The molecule has 0 N–H and O–H groups in total. The van der Waals surface area contributed by atoms with Crippen LogP contribution in [0.25, 0.3) is 22.3 Å². The molecule has 0 unspecified atom stereocenters. The summed E-state index contributed by atoms with van der Waals surface area (Å²) in [6.07, 6.45) is 0.248. The van der Waals surface area contributed by atoms with Crippen molar-refractivity contribution in [2.75, 3.05) is 7.11 Å². The Morgan fingerprint density at radius 2 is 2.10 bits per heavy atom. The number of nitrogens with zero attached hydrogens (tertiary/aromatic N) is 1. The van der Waals surface area contributed by atoms with E-state index in [4.69, 9.17) is 8.94 Å². The van der Waals surface area contributed by atoms with Crippen molar-refractivity contribution in [1.29, 1.82) is 0 Å². The summed E-state index contributed by atoms with van der Waals surface area (Å²) in [7, 11) is 1.38. The van der Waals surface area contributed by atoms with Crippen LogP contribution in [0.4, 0.5) is 0 Å². The van der Waals surface area contributed by atoms with E-state index in [-0.39, 0.29) is 12.4 Å². The number of esters is 1. The van der Waals surface area contributed by atoms with Crippen molar-refractivity contribution in [3.63, 3.8) is 0 Å². The minimum absolute atomic E-state index is 0.248. The van der Waals surface area contributed by atoms with E-state index in [2.05, 4.69) is 9.89 Å². The highest BCUT2D eigenvalue weighted by atomic mass is 16.5. The Hall–Kier alpha value is -2.56. The highest BCUT2D eigenvalue weighted by Gasteiger charge is 2.16. The van der Waals surface area contributed by atoms with Crippen molar-refractivity contribution in [2.45, 2.75) is 20.3 Å². The molecule has 0 aliphatic heterocycles. The minimum atomic E-state index is -0.260. The van der Waals surface area contributed by atoms with Gasteiger partial charge in [0.15, 0.2) is 0 Å². The molecule has 0 radical (unpaired) electrons. The van der Waals surface area contributed by atoms with Gasteiger partial charge in [-0.05, 0) is 37.6 Å². The van der Waals surface area contributed by atoms with E-state index in [0.717, 1.165) is 39.3 Å². The number of carbonyl (C=O) groups is 1. The van der Waals surface area contributed by atoms with E-state index < -0.39 is 0 Å². The number of fused-ring (bicyclic) bond motifs is 1. The normalized spacial score (nSPS) is 11.0. The highest BCUT2D eigenvalue weighted by Crippen LogP contribution is 2.32. The lowest BCUT2D eigenvalue weighted by atomic mass is 10.1. The quantitative estimate of drug-likeness (QED) is 0.690. The molecule has 0 saturated carbocycles. The number of benzene rings is 1. The van der Waals surface area contributed by atoms with Gasteiger partial charge >= 0.3 is 5.97 Å². The second kappa shape index (κ2) is 5.09. The van der Waals surface area contributed by atoms with E-state index in [1.807, 2.05) is 38.1 Å². The van der Waals surface area contributed by atoms with Gasteiger partial charge in [0.05, 0.1) is 24.8 Å². The number of rotatable bonds is 3. The maximum Gasteiger partial charge on any atom is 0.309 e. The summed E-state index contributed by atoms with van der Waals surface area (Å²) >= 11 is 0. The van der Waals surface area contributed by atoms with E-state index in [9.17, 15) is 4.79 Å². The van der Waals surface area contributed by atoms with Crippen molar-refractivity contribution in [2.24, 2.45) is 0 Å². The third-order valence-corrected chi connectivity index (χ3v) is 3.44. The minimum Gasteiger partial charge on any atom is -0.469 e. The average Bonchev–Trinajstić information content (AvgIpc) is 3.01. The molecule has 0 atom stereocenters. The van der Waals surface area contributed by atoms with Crippen LogP contribution in [0, 0.1) is 13.8 Å². The number of carbonyl (C=O) groups excluding carboxylic acids is 1. The fourth-order valence-electron chi connectivity index (χ4n) is 2.40. The zero-order valence-electron chi connectivity index (χ0n) is 12.1. The first kappa shape index (κ1) is 13.4. The summed E-state index contributed by atoms with van der Waals surface area (Å²) in [5, 5.41) is 4.87.